The van der Waals surface area contributed by atoms with E-state index in [-0.39, 0.29) is 5.75 Å². The molecule has 0 radical (unpaired) electrons. The lowest BCUT2D eigenvalue weighted by Gasteiger charge is -2.12. The second-order valence-corrected chi connectivity index (χ2v) is 7.41. The molecule has 1 aromatic carbocycles. The van der Waals surface area contributed by atoms with Crippen molar-refractivity contribution in [2.45, 2.75) is 19.2 Å². The third kappa shape index (κ3) is 6.42. The normalized spacial score (nSPS) is 13.4. The Bertz CT molecular complexity index is 489. The maximum absolute atomic E-state index is 12.0. The Morgan fingerprint density at radius 3 is 2.68 bits per heavy atom. The van der Waals surface area contributed by atoms with Crippen LogP contribution in [0, 0.1) is 5.92 Å². The van der Waals surface area contributed by atoms with E-state index in [1.165, 1.54) is 0 Å². The molecule has 0 fully saturated rings. The predicted molar refractivity (Wildman–Crippen MR) is 82.5 cm³/mol. The fourth-order valence-corrected chi connectivity index (χ4v) is 3.68. The number of nitrogens with two attached hydrogens (primary N) is 1. The molecule has 0 amide bonds. The van der Waals surface area contributed by atoms with Gasteiger partial charge in [-0.2, -0.15) is 11.8 Å². The lowest BCUT2D eigenvalue weighted by Crippen LogP contribution is -2.30. The molecular formula is C13H22N2O2S2. The zero-order valence-corrected chi connectivity index (χ0v) is 13.1. The Morgan fingerprint density at radius 2 is 2.05 bits per heavy atom. The molecule has 1 aromatic rings. The topological polar surface area (TPSA) is 72.2 Å². The minimum atomic E-state index is -3.27. The number of nitrogens with one attached hydrogen (secondary N) is 1. The van der Waals surface area contributed by atoms with E-state index in [4.69, 9.17) is 5.73 Å². The summed E-state index contributed by atoms with van der Waals surface area (Å²) in [7, 11) is -3.27. The highest BCUT2D eigenvalue weighted by Crippen LogP contribution is 2.09. The minimum Gasteiger partial charge on any atom is -0.326 e. The van der Waals surface area contributed by atoms with E-state index in [0.717, 1.165) is 16.9 Å². The highest BCUT2D eigenvalue weighted by molar-refractivity contribution is 7.98. The van der Waals surface area contributed by atoms with Gasteiger partial charge in [0.15, 0.2) is 0 Å². The summed E-state index contributed by atoms with van der Waals surface area (Å²) in [5.74, 6) is 1.29. The van der Waals surface area contributed by atoms with Crippen LogP contribution in [0.3, 0.4) is 0 Å². The van der Waals surface area contributed by atoms with Gasteiger partial charge in [-0.05, 0) is 29.1 Å². The third-order valence-electron chi connectivity index (χ3n) is 2.69. The van der Waals surface area contributed by atoms with Gasteiger partial charge >= 0.3 is 0 Å². The van der Waals surface area contributed by atoms with E-state index >= 15 is 0 Å². The number of hydrogen-bond acceptors (Lipinski definition) is 4. The molecule has 19 heavy (non-hydrogen) atoms. The van der Waals surface area contributed by atoms with Crippen LogP contribution in [0.2, 0.25) is 0 Å². The second kappa shape index (κ2) is 7.89. The number of thioether (sulfide) groups is 1. The highest BCUT2D eigenvalue weighted by atomic mass is 32.2. The summed E-state index contributed by atoms with van der Waals surface area (Å²) >= 11 is 1.72. The van der Waals surface area contributed by atoms with Crippen LogP contribution in [0.4, 0.5) is 0 Å². The van der Waals surface area contributed by atoms with E-state index in [9.17, 15) is 8.42 Å². The van der Waals surface area contributed by atoms with Gasteiger partial charge in [-0.15, -0.1) is 0 Å². The van der Waals surface area contributed by atoms with Crippen molar-refractivity contribution in [1.29, 1.82) is 0 Å². The summed E-state index contributed by atoms with van der Waals surface area (Å²) in [6.07, 6.45) is 2.02. The molecule has 0 saturated carbocycles. The summed E-state index contributed by atoms with van der Waals surface area (Å²) in [6.45, 7) is 2.94. The van der Waals surface area contributed by atoms with Gasteiger partial charge in [-0.3, -0.25) is 0 Å². The third-order valence-corrected chi connectivity index (χ3v) is 4.91. The Balaban J connectivity index is 2.58. The van der Waals surface area contributed by atoms with Crippen LogP contribution in [0.15, 0.2) is 24.3 Å². The molecule has 1 unspecified atom stereocenters. The first kappa shape index (κ1) is 16.5. The van der Waals surface area contributed by atoms with Crippen molar-refractivity contribution in [3.63, 3.8) is 0 Å². The quantitative estimate of drug-likeness (QED) is 0.764. The maximum atomic E-state index is 12.0. The molecule has 3 N–H and O–H groups in total. The molecule has 1 atom stereocenters. The highest BCUT2D eigenvalue weighted by Gasteiger charge is 2.13. The number of hydrogen-bond donors (Lipinski definition) is 2. The molecule has 0 aliphatic carbocycles. The van der Waals surface area contributed by atoms with Crippen LogP contribution in [0.5, 0.6) is 0 Å². The van der Waals surface area contributed by atoms with Crippen LogP contribution in [-0.2, 0) is 22.3 Å². The van der Waals surface area contributed by atoms with Crippen molar-refractivity contribution >= 4 is 21.8 Å². The molecule has 108 valence electrons. The van der Waals surface area contributed by atoms with E-state index < -0.39 is 10.0 Å². The average Bonchev–Trinajstić information content (AvgIpc) is 2.37. The van der Waals surface area contributed by atoms with Gasteiger partial charge in [-0.25, -0.2) is 13.1 Å². The standard InChI is InChI=1S/C13H22N2O2S2/c1-11(9-18-2)8-15-19(16,17)10-13-5-3-4-12(6-13)7-14/h3-6,11,15H,7-10,14H2,1-2H3. The molecule has 0 bridgehead atoms. The molecule has 4 nitrogen and oxygen atoms in total. The zero-order valence-electron chi connectivity index (χ0n) is 11.4. The Kier molecular flexibility index (Phi) is 6.85. The lowest BCUT2D eigenvalue weighted by molar-refractivity contribution is 0.562. The van der Waals surface area contributed by atoms with Crippen LogP contribution in [-0.4, -0.2) is 27.0 Å². The van der Waals surface area contributed by atoms with Gasteiger partial charge in [0.1, 0.15) is 0 Å². The predicted octanol–water partition coefficient (Wildman–Crippen LogP) is 1.56. The fraction of sp³-hybridized carbons (Fsp3) is 0.538. The van der Waals surface area contributed by atoms with Crippen molar-refractivity contribution in [2.75, 3.05) is 18.6 Å². The average molecular weight is 302 g/mol. The Hall–Kier alpha value is -0.560. The summed E-state index contributed by atoms with van der Waals surface area (Å²) in [6, 6.07) is 7.38. The fourth-order valence-electron chi connectivity index (χ4n) is 1.73. The Morgan fingerprint density at radius 1 is 1.37 bits per heavy atom. The van der Waals surface area contributed by atoms with E-state index in [1.807, 2.05) is 37.4 Å². The smallest absolute Gasteiger partial charge is 0.215 e. The molecule has 1 rings (SSSR count). The largest absolute Gasteiger partial charge is 0.326 e. The lowest BCUT2D eigenvalue weighted by atomic mass is 10.1. The first-order valence-corrected chi connectivity index (χ1v) is 9.25. The molecular weight excluding hydrogens is 280 g/mol. The Labute approximate surface area is 120 Å². The molecule has 0 aromatic heterocycles. The van der Waals surface area contributed by atoms with Gasteiger partial charge in [0, 0.05) is 13.1 Å². The van der Waals surface area contributed by atoms with Gasteiger partial charge < -0.3 is 5.73 Å². The summed E-state index contributed by atoms with van der Waals surface area (Å²) in [5.41, 5.74) is 7.27. The van der Waals surface area contributed by atoms with Gasteiger partial charge in [0.25, 0.3) is 0 Å². The molecule has 0 heterocycles. The van der Waals surface area contributed by atoms with Crippen molar-refractivity contribution in [3.05, 3.63) is 35.4 Å². The molecule has 0 aliphatic rings. The number of benzene rings is 1. The molecule has 0 saturated heterocycles. The van der Waals surface area contributed by atoms with E-state index in [0.29, 0.717) is 19.0 Å². The van der Waals surface area contributed by atoms with E-state index in [1.54, 1.807) is 11.8 Å². The zero-order chi connectivity index (χ0) is 14.3. The number of sulfonamides is 1. The summed E-state index contributed by atoms with van der Waals surface area (Å²) in [4.78, 5) is 0. The van der Waals surface area contributed by atoms with Crippen LogP contribution in [0.25, 0.3) is 0 Å². The summed E-state index contributed by atoms with van der Waals surface area (Å²) < 4.78 is 26.6. The van der Waals surface area contributed by atoms with Crippen LogP contribution >= 0.6 is 11.8 Å². The van der Waals surface area contributed by atoms with Crippen molar-refractivity contribution in [3.8, 4) is 0 Å². The molecule has 6 heteroatoms. The van der Waals surface area contributed by atoms with Crippen LogP contribution < -0.4 is 10.5 Å². The monoisotopic (exact) mass is 302 g/mol. The van der Waals surface area contributed by atoms with E-state index in [2.05, 4.69) is 4.72 Å². The SMILES string of the molecule is CSCC(C)CNS(=O)(=O)Cc1cccc(CN)c1. The van der Waals surface area contributed by atoms with Crippen molar-refractivity contribution in [2.24, 2.45) is 11.7 Å². The van der Waals surface area contributed by atoms with Gasteiger partial charge in [0.05, 0.1) is 5.75 Å². The number of rotatable bonds is 8. The van der Waals surface area contributed by atoms with Crippen molar-refractivity contribution < 1.29 is 8.42 Å². The van der Waals surface area contributed by atoms with Gasteiger partial charge in [0.2, 0.25) is 10.0 Å². The first-order chi connectivity index (χ1) is 8.96. The molecule has 0 spiro atoms. The second-order valence-electron chi connectivity index (χ2n) is 4.69. The first-order valence-electron chi connectivity index (χ1n) is 6.21. The molecule has 0 aliphatic heterocycles. The van der Waals surface area contributed by atoms with Crippen molar-refractivity contribution in [1.82, 2.24) is 4.72 Å². The maximum Gasteiger partial charge on any atom is 0.215 e. The summed E-state index contributed by atoms with van der Waals surface area (Å²) in [5, 5.41) is 0. The minimum absolute atomic E-state index is 0.00677. The van der Waals surface area contributed by atoms with Crippen LogP contribution in [0.1, 0.15) is 18.1 Å². The van der Waals surface area contributed by atoms with Gasteiger partial charge in [-0.1, -0.05) is 31.2 Å².